The molecule has 1 N–H and O–H groups in total. The monoisotopic (exact) mass is 331 g/mol. The average Bonchev–Trinajstić information content (AvgIpc) is 3.08. The van der Waals surface area contributed by atoms with E-state index < -0.39 is 5.97 Å². The molecule has 0 atom stereocenters. The van der Waals surface area contributed by atoms with E-state index in [2.05, 4.69) is 5.32 Å². The summed E-state index contributed by atoms with van der Waals surface area (Å²) in [4.78, 5) is 36.4. The van der Waals surface area contributed by atoms with Gasteiger partial charge in [0.05, 0.1) is 22.7 Å². The average molecular weight is 331 g/mol. The molecule has 1 amide bonds. The first-order chi connectivity index (χ1) is 11.1. The lowest BCUT2D eigenvalue weighted by molar-refractivity contribution is -0.116. The molecule has 0 unspecified atom stereocenters. The Morgan fingerprint density at radius 2 is 1.87 bits per heavy atom. The molecule has 0 aliphatic carbocycles. The first kappa shape index (κ1) is 16.9. The molecule has 6 heteroatoms. The van der Waals surface area contributed by atoms with Gasteiger partial charge in [-0.1, -0.05) is 18.2 Å². The highest BCUT2D eigenvalue weighted by Crippen LogP contribution is 2.17. The zero-order chi connectivity index (χ0) is 16.7. The minimum atomic E-state index is -0.488. The first-order valence-electron chi connectivity index (χ1n) is 7.24. The van der Waals surface area contributed by atoms with Gasteiger partial charge in [0, 0.05) is 12.8 Å². The predicted octanol–water partition coefficient (Wildman–Crippen LogP) is 3.53. The summed E-state index contributed by atoms with van der Waals surface area (Å²) in [5, 5.41) is 4.48. The number of nitrogens with one attached hydrogen (secondary N) is 1. The molecule has 120 valence electrons. The van der Waals surface area contributed by atoms with Crippen LogP contribution in [0.25, 0.3) is 0 Å². The Hall–Kier alpha value is -2.47. The Morgan fingerprint density at radius 3 is 2.57 bits per heavy atom. The Bertz CT molecular complexity index is 694. The van der Waals surface area contributed by atoms with Gasteiger partial charge in [-0.15, -0.1) is 11.3 Å². The molecule has 2 rings (SSSR count). The molecule has 0 saturated heterocycles. The number of esters is 1. The second-order valence-corrected chi connectivity index (χ2v) is 5.66. The number of hydrogen-bond acceptors (Lipinski definition) is 5. The highest BCUT2D eigenvalue weighted by Gasteiger charge is 2.15. The normalized spacial score (nSPS) is 10.1. The number of Topliss-reactive ketones (excluding diaryl/α,β-unsaturated/α-hetero) is 1. The van der Waals surface area contributed by atoms with Gasteiger partial charge >= 0.3 is 5.97 Å². The Labute approximate surface area is 138 Å². The second-order valence-electron chi connectivity index (χ2n) is 4.71. The summed E-state index contributed by atoms with van der Waals surface area (Å²) in [6.07, 6.45) is 0.196. The Balaban J connectivity index is 1.95. The Morgan fingerprint density at radius 1 is 1.09 bits per heavy atom. The van der Waals surface area contributed by atoms with Gasteiger partial charge in [-0.05, 0) is 30.5 Å². The van der Waals surface area contributed by atoms with Gasteiger partial charge in [0.2, 0.25) is 5.91 Å². The van der Waals surface area contributed by atoms with Crippen LogP contribution >= 0.6 is 11.3 Å². The zero-order valence-electron chi connectivity index (χ0n) is 12.7. The molecule has 23 heavy (non-hydrogen) atoms. The van der Waals surface area contributed by atoms with Gasteiger partial charge in [-0.25, -0.2) is 4.79 Å². The van der Waals surface area contributed by atoms with Crippen molar-refractivity contribution in [1.82, 2.24) is 0 Å². The minimum Gasteiger partial charge on any atom is -0.462 e. The highest BCUT2D eigenvalue weighted by atomic mass is 32.1. The fourth-order valence-corrected chi connectivity index (χ4v) is 2.67. The number of carbonyl (C=O) groups is 3. The summed E-state index contributed by atoms with van der Waals surface area (Å²) in [6.45, 7) is 1.98. The van der Waals surface area contributed by atoms with Crippen LogP contribution in [-0.2, 0) is 9.53 Å². The van der Waals surface area contributed by atoms with Gasteiger partial charge in [0.25, 0.3) is 0 Å². The molecule has 2 aromatic rings. The van der Waals surface area contributed by atoms with E-state index in [9.17, 15) is 14.4 Å². The van der Waals surface area contributed by atoms with E-state index in [-0.39, 0.29) is 31.1 Å². The molecule has 1 heterocycles. The summed E-state index contributed by atoms with van der Waals surface area (Å²) in [5.74, 6) is -0.862. The van der Waals surface area contributed by atoms with Crippen molar-refractivity contribution in [3.63, 3.8) is 0 Å². The summed E-state index contributed by atoms with van der Waals surface area (Å²) in [5.41, 5.74) is 0.687. The van der Waals surface area contributed by atoms with Crippen molar-refractivity contribution < 1.29 is 19.1 Å². The van der Waals surface area contributed by atoms with Crippen LogP contribution in [0.15, 0.2) is 41.8 Å². The topological polar surface area (TPSA) is 72.5 Å². The fourth-order valence-electron chi connectivity index (χ4n) is 1.98. The van der Waals surface area contributed by atoms with E-state index in [0.717, 1.165) is 0 Å². The van der Waals surface area contributed by atoms with Crippen LogP contribution in [0.5, 0.6) is 0 Å². The van der Waals surface area contributed by atoms with Gasteiger partial charge in [-0.2, -0.15) is 0 Å². The van der Waals surface area contributed by atoms with Crippen LogP contribution < -0.4 is 5.32 Å². The maximum absolute atomic E-state index is 12.0. The van der Waals surface area contributed by atoms with E-state index in [1.165, 1.54) is 11.3 Å². The van der Waals surface area contributed by atoms with Crippen LogP contribution in [0.4, 0.5) is 5.69 Å². The molecule has 5 nitrogen and oxygen atoms in total. The van der Waals surface area contributed by atoms with Crippen molar-refractivity contribution in [2.24, 2.45) is 0 Å². The van der Waals surface area contributed by atoms with E-state index in [4.69, 9.17) is 4.74 Å². The zero-order valence-corrected chi connectivity index (χ0v) is 13.5. The summed E-state index contributed by atoms with van der Waals surface area (Å²) >= 11 is 1.36. The lowest BCUT2D eigenvalue weighted by Gasteiger charge is -2.10. The van der Waals surface area contributed by atoms with Gasteiger partial charge in [0.15, 0.2) is 5.78 Å². The van der Waals surface area contributed by atoms with Crippen molar-refractivity contribution in [2.45, 2.75) is 19.8 Å². The van der Waals surface area contributed by atoms with Gasteiger partial charge < -0.3 is 10.1 Å². The van der Waals surface area contributed by atoms with Crippen LogP contribution in [0, 0.1) is 0 Å². The van der Waals surface area contributed by atoms with Crippen molar-refractivity contribution in [2.75, 3.05) is 11.9 Å². The maximum atomic E-state index is 12.0. The number of hydrogen-bond donors (Lipinski definition) is 1. The number of thiophene rings is 1. The van der Waals surface area contributed by atoms with Crippen LogP contribution in [-0.4, -0.2) is 24.3 Å². The minimum absolute atomic E-state index is 0.0613. The van der Waals surface area contributed by atoms with E-state index in [1.807, 2.05) is 5.38 Å². The number of anilines is 1. The summed E-state index contributed by atoms with van der Waals surface area (Å²) in [6, 6.07) is 10.2. The van der Waals surface area contributed by atoms with Crippen molar-refractivity contribution in [1.29, 1.82) is 0 Å². The molecule has 1 aromatic carbocycles. The smallest absolute Gasteiger partial charge is 0.340 e. The molecule has 0 fully saturated rings. The molecular weight excluding hydrogens is 314 g/mol. The summed E-state index contributed by atoms with van der Waals surface area (Å²) < 4.78 is 4.95. The van der Waals surface area contributed by atoms with Crippen LogP contribution in [0.2, 0.25) is 0 Å². The number of carbonyl (C=O) groups excluding carboxylic acids is 3. The number of para-hydroxylation sites is 1. The lowest BCUT2D eigenvalue weighted by atomic mass is 10.1. The van der Waals surface area contributed by atoms with Crippen LogP contribution in [0.1, 0.15) is 39.8 Å². The van der Waals surface area contributed by atoms with E-state index >= 15 is 0 Å². The number of amides is 1. The standard InChI is InChI=1S/C17H17NO4S/c1-2-22-17(21)12-6-3-4-7-13(12)18-16(20)10-9-14(19)15-8-5-11-23-15/h3-8,11H,2,9-10H2,1H3,(H,18,20). The SMILES string of the molecule is CCOC(=O)c1ccccc1NC(=O)CCC(=O)c1cccs1. The fraction of sp³-hybridized carbons (Fsp3) is 0.235. The number of rotatable bonds is 7. The maximum Gasteiger partial charge on any atom is 0.340 e. The predicted molar refractivity (Wildman–Crippen MR) is 88.9 cm³/mol. The third-order valence-electron chi connectivity index (χ3n) is 3.07. The third-order valence-corrected chi connectivity index (χ3v) is 3.98. The van der Waals surface area contributed by atoms with Gasteiger partial charge in [-0.3, -0.25) is 9.59 Å². The molecule has 0 radical (unpaired) electrons. The molecule has 1 aromatic heterocycles. The van der Waals surface area contributed by atoms with Crippen molar-refractivity contribution >= 4 is 34.7 Å². The largest absolute Gasteiger partial charge is 0.462 e. The van der Waals surface area contributed by atoms with Gasteiger partial charge in [0.1, 0.15) is 0 Å². The first-order valence-corrected chi connectivity index (χ1v) is 8.12. The third kappa shape index (κ3) is 4.75. The van der Waals surface area contributed by atoms with E-state index in [1.54, 1.807) is 43.3 Å². The van der Waals surface area contributed by atoms with E-state index in [0.29, 0.717) is 16.1 Å². The molecule has 0 aliphatic heterocycles. The Kier molecular flexibility index (Phi) is 6.05. The summed E-state index contributed by atoms with van der Waals surface area (Å²) in [7, 11) is 0. The molecular formula is C17H17NO4S. The number of benzene rings is 1. The molecule has 0 aliphatic rings. The molecule has 0 spiro atoms. The molecule has 0 bridgehead atoms. The number of ketones is 1. The quantitative estimate of drug-likeness (QED) is 0.622. The van der Waals surface area contributed by atoms with Crippen molar-refractivity contribution in [3.05, 3.63) is 52.2 Å². The highest BCUT2D eigenvalue weighted by molar-refractivity contribution is 7.12. The lowest BCUT2D eigenvalue weighted by Crippen LogP contribution is -2.16. The molecule has 0 saturated carbocycles. The number of ether oxygens (including phenoxy) is 1. The van der Waals surface area contributed by atoms with Crippen LogP contribution in [0.3, 0.4) is 0 Å². The van der Waals surface area contributed by atoms with Crippen molar-refractivity contribution in [3.8, 4) is 0 Å². The second kappa shape index (κ2) is 8.24.